The molecule has 2 heterocycles. The van der Waals surface area contributed by atoms with Crippen molar-refractivity contribution in [1.82, 2.24) is 14.4 Å². The molecule has 7 nitrogen and oxygen atoms in total. The van der Waals surface area contributed by atoms with Crippen LogP contribution in [0.3, 0.4) is 0 Å². The number of aromatic nitrogens is 1. The summed E-state index contributed by atoms with van der Waals surface area (Å²) < 4.78 is 13.1. The maximum atomic E-state index is 14.0. The lowest BCUT2D eigenvalue weighted by molar-refractivity contribution is 0.0282. The monoisotopic (exact) mass is 547 g/mol. The van der Waals surface area contributed by atoms with Crippen molar-refractivity contribution >= 4 is 22.9 Å². The van der Waals surface area contributed by atoms with Crippen molar-refractivity contribution in [2.75, 3.05) is 33.4 Å². The van der Waals surface area contributed by atoms with Crippen molar-refractivity contribution in [3.63, 3.8) is 0 Å². The van der Waals surface area contributed by atoms with Gasteiger partial charge in [0.25, 0.3) is 5.91 Å². The first-order chi connectivity index (χ1) is 19.1. The number of methoxy groups -OCH3 is 1. The Hall–Kier alpha value is -3.32. The molecule has 2 atom stereocenters. The molecule has 0 N–H and O–H groups in total. The minimum atomic E-state index is -0.552. The number of hydrogen-bond donors (Lipinski definition) is 0. The van der Waals surface area contributed by atoms with Gasteiger partial charge in [0.05, 0.1) is 0 Å². The van der Waals surface area contributed by atoms with E-state index in [9.17, 15) is 9.59 Å². The highest BCUT2D eigenvalue weighted by Crippen LogP contribution is 2.30. The van der Waals surface area contributed by atoms with Gasteiger partial charge in [0.1, 0.15) is 5.60 Å². The highest BCUT2D eigenvalue weighted by Gasteiger charge is 2.39. The highest BCUT2D eigenvalue weighted by atomic mass is 16.6. The van der Waals surface area contributed by atoms with E-state index in [4.69, 9.17) is 9.47 Å². The van der Waals surface area contributed by atoms with Crippen molar-refractivity contribution in [1.29, 1.82) is 0 Å². The topological polar surface area (TPSA) is 64.0 Å². The van der Waals surface area contributed by atoms with E-state index in [1.165, 1.54) is 5.56 Å². The fourth-order valence-corrected chi connectivity index (χ4v) is 5.61. The number of carbonyl (C=O) groups is 2. The summed E-state index contributed by atoms with van der Waals surface area (Å²) in [5.41, 5.74) is 2.44. The summed E-state index contributed by atoms with van der Waals surface area (Å²) in [6.45, 7) is 13.1. The average molecular weight is 548 g/mol. The first-order valence-corrected chi connectivity index (χ1v) is 14.5. The molecule has 1 saturated heterocycles. The lowest BCUT2D eigenvalue weighted by Crippen LogP contribution is -2.42. The SMILES string of the molecule is COCCCn1ccc2ccc(C(=O)N(CC3CN(C(=O)OC(C)(C)C)CC3Cc3ccccc3)C(C)C)cc21. The van der Waals surface area contributed by atoms with Crippen molar-refractivity contribution < 1.29 is 19.1 Å². The van der Waals surface area contributed by atoms with Gasteiger partial charge in [-0.15, -0.1) is 0 Å². The standard InChI is InChI=1S/C33H45N3O4/c1-24(2)36(31(37)27-14-13-26-15-17-34(30(26)20-27)16-10-18-39-6)23-29-22-35(32(38)40-33(3,4)5)21-28(29)19-25-11-8-7-9-12-25/h7-9,11-15,17,20,24,28-29H,10,16,18-19,21-23H2,1-6H3. The molecule has 7 heteroatoms. The molecule has 1 aliphatic rings. The van der Waals surface area contributed by atoms with Crippen LogP contribution in [0.1, 0.15) is 57.0 Å². The Kier molecular flexibility index (Phi) is 9.56. The predicted molar refractivity (Wildman–Crippen MR) is 160 cm³/mol. The summed E-state index contributed by atoms with van der Waals surface area (Å²) in [4.78, 5) is 30.8. The Bertz CT molecular complexity index is 1280. The molecule has 2 unspecified atom stereocenters. The molecule has 3 aromatic rings. The maximum absolute atomic E-state index is 14.0. The Balaban J connectivity index is 1.55. The summed E-state index contributed by atoms with van der Waals surface area (Å²) in [6, 6.07) is 18.5. The van der Waals surface area contributed by atoms with Crippen LogP contribution in [0.5, 0.6) is 0 Å². The van der Waals surface area contributed by atoms with Crippen molar-refractivity contribution in [3.8, 4) is 0 Å². The van der Waals surface area contributed by atoms with Crippen LogP contribution in [-0.2, 0) is 22.4 Å². The smallest absolute Gasteiger partial charge is 0.410 e. The van der Waals surface area contributed by atoms with Crippen molar-refractivity contribution in [2.45, 2.75) is 65.6 Å². The van der Waals surface area contributed by atoms with Crippen LogP contribution in [0, 0.1) is 11.8 Å². The second kappa shape index (κ2) is 12.9. The maximum Gasteiger partial charge on any atom is 0.410 e. The number of ether oxygens (including phenoxy) is 2. The van der Waals surface area contributed by atoms with E-state index >= 15 is 0 Å². The molecule has 1 aliphatic heterocycles. The molecule has 0 saturated carbocycles. The third-order valence-electron chi connectivity index (χ3n) is 7.65. The Morgan fingerprint density at radius 1 is 1.02 bits per heavy atom. The summed E-state index contributed by atoms with van der Waals surface area (Å²) in [7, 11) is 1.71. The normalized spacial score (nSPS) is 17.5. The van der Waals surface area contributed by atoms with Gasteiger partial charge < -0.3 is 23.8 Å². The number of aryl methyl sites for hydroxylation is 1. The number of benzene rings is 2. The highest BCUT2D eigenvalue weighted by molar-refractivity contribution is 5.98. The Morgan fingerprint density at radius 3 is 2.42 bits per heavy atom. The van der Waals surface area contributed by atoms with Crippen molar-refractivity contribution in [3.05, 3.63) is 71.9 Å². The first-order valence-electron chi connectivity index (χ1n) is 14.5. The molecule has 2 aromatic carbocycles. The van der Waals surface area contributed by atoms with Crippen LogP contribution in [0.15, 0.2) is 60.8 Å². The predicted octanol–water partition coefficient (Wildman–Crippen LogP) is 6.25. The molecule has 216 valence electrons. The fourth-order valence-electron chi connectivity index (χ4n) is 5.61. The Labute approximate surface area is 239 Å². The van der Waals surface area contributed by atoms with Crippen LogP contribution in [-0.4, -0.2) is 71.4 Å². The van der Waals surface area contributed by atoms with Gasteiger partial charge in [0.2, 0.25) is 0 Å². The first kappa shape index (κ1) is 29.7. The van der Waals surface area contributed by atoms with Gasteiger partial charge >= 0.3 is 6.09 Å². The van der Waals surface area contributed by atoms with E-state index in [0.717, 1.165) is 30.3 Å². The fraction of sp³-hybridized carbons (Fsp3) is 0.515. The van der Waals surface area contributed by atoms with E-state index in [1.54, 1.807) is 7.11 Å². The van der Waals surface area contributed by atoms with Crippen LogP contribution in [0.4, 0.5) is 4.79 Å². The molecule has 1 fully saturated rings. The van der Waals surface area contributed by atoms with Crippen LogP contribution in [0.25, 0.3) is 10.9 Å². The minimum Gasteiger partial charge on any atom is -0.444 e. The number of nitrogens with zero attached hydrogens (tertiary/aromatic N) is 3. The molecule has 0 radical (unpaired) electrons. The number of fused-ring (bicyclic) bond motifs is 1. The van der Waals surface area contributed by atoms with Gasteiger partial charge in [-0.3, -0.25) is 4.79 Å². The summed E-state index contributed by atoms with van der Waals surface area (Å²) in [6.07, 6.45) is 3.56. The molecule has 1 aromatic heterocycles. The van der Waals surface area contributed by atoms with E-state index < -0.39 is 5.60 Å². The van der Waals surface area contributed by atoms with Crippen LogP contribution >= 0.6 is 0 Å². The van der Waals surface area contributed by atoms with E-state index in [0.29, 0.717) is 31.8 Å². The number of carbonyl (C=O) groups excluding carboxylic acids is 2. The number of likely N-dealkylation sites (tertiary alicyclic amines) is 1. The van der Waals surface area contributed by atoms with Crippen LogP contribution < -0.4 is 0 Å². The summed E-state index contributed by atoms with van der Waals surface area (Å²) in [5, 5.41) is 1.12. The third kappa shape index (κ3) is 7.45. The lowest BCUT2D eigenvalue weighted by atomic mass is 9.89. The molecule has 4 rings (SSSR count). The molecule has 2 amide bonds. The van der Waals surface area contributed by atoms with Gasteiger partial charge in [-0.1, -0.05) is 36.4 Å². The quantitative estimate of drug-likeness (QED) is 0.281. The molecule has 0 bridgehead atoms. The molecule has 40 heavy (non-hydrogen) atoms. The number of rotatable bonds is 10. The zero-order valence-corrected chi connectivity index (χ0v) is 24.9. The molecular formula is C33H45N3O4. The zero-order valence-electron chi connectivity index (χ0n) is 24.9. The number of amides is 2. The number of hydrogen-bond acceptors (Lipinski definition) is 4. The molecular weight excluding hydrogens is 502 g/mol. The van der Waals surface area contributed by atoms with Gasteiger partial charge in [0, 0.05) is 63.2 Å². The summed E-state index contributed by atoms with van der Waals surface area (Å²) in [5.74, 6) is 0.390. The molecule has 0 spiro atoms. The second-order valence-electron chi connectivity index (χ2n) is 12.3. The van der Waals surface area contributed by atoms with E-state index in [-0.39, 0.29) is 29.9 Å². The molecule has 0 aliphatic carbocycles. The minimum absolute atomic E-state index is 0.0182. The van der Waals surface area contributed by atoms with Gasteiger partial charge in [-0.05, 0) is 88.4 Å². The second-order valence-corrected chi connectivity index (χ2v) is 12.3. The van der Waals surface area contributed by atoms with Crippen molar-refractivity contribution in [2.24, 2.45) is 11.8 Å². The lowest BCUT2D eigenvalue weighted by Gasteiger charge is -2.31. The van der Waals surface area contributed by atoms with Gasteiger partial charge in [0.15, 0.2) is 0 Å². The Morgan fingerprint density at radius 2 is 1.75 bits per heavy atom. The van der Waals surface area contributed by atoms with Gasteiger partial charge in [-0.2, -0.15) is 0 Å². The van der Waals surface area contributed by atoms with Gasteiger partial charge in [-0.25, -0.2) is 4.79 Å². The third-order valence-corrected chi connectivity index (χ3v) is 7.65. The van der Waals surface area contributed by atoms with E-state index in [1.807, 2.05) is 54.8 Å². The van der Waals surface area contributed by atoms with E-state index in [2.05, 4.69) is 54.9 Å². The zero-order chi connectivity index (χ0) is 28.9. The average Bonchev–Trinajstić information content (AvgIpc) is 3.50. The largest absolute Gasteiger partial charge is 0.444 e. The van der Waals surface area contributed by atoms with Crippen LogP contribution in [0.2, 0.25) is 0 Å². The summed E-state index contributed by atoms with van der Waals surface area (Å²) >= 11 is 0.